The van der Waals surface area contributed by atoms with E-state index in [1.807, 2.05) is 0 Å². The van der Waals surface area contributed by atoms with Gasteiger partial charge in [0.25, 0.3) is 0 Å². The number of benzene rings is 2. The van der Waals surface area contributed by atoms with Crippen molar-refractivity contribution in [1.29, 1.82) is 0 Å². The highest BCUT2D eigenvalue weighted by Crippen LogP contribution is 2.26. The Morgan fingerprint density at radius 2 is 1.64 bits per heavy atom. The highest BCUT2D eigenvalue weighted by atomic mass is 35.5. The molecule has 1 atom stereocenters. The molecule has 0 bridgehead atoms. The number of Topliss-reactive ketones (excluding diaryl/α,β-unsaturated/α-hetero) is 1. The molecule has 0 N–H and O–H groups in total. The van der Waals surface area contributed by atoms with E-state index in [1.165, 1.54) is 13.0 Å². The molecule has 0 aliphatic heterocycles. The maximum absolute atomic E-state index is 12.2. The fourth-order valence-corrected chi connectivity index (χ4v) is 2.29. The molecule has 0 aliphatic rings. The third kappa shape index (κ3) is 3.80. The Labute approximate surface area is 142 Å². The van der Waals surface area contributed by atoms with Gasteiger partial charge in [0, 0.05) is 10.6 Å². The van der Waals surface area contributed by atoms with Gasteiger partial charge < -0.3 is 4.74 Å². The molecular formula is C16H11Cl3O3. The molecule has 2 aromatic carbocycles. The topological polar surface area (TPSA) is 43.4 Å². The van der Waals surface area contributed by atoms with Crippen molar-refractivity contribution in [3.63, 3.8) is 0 Å². The average molecular weight is 358 g/mol. The summed E-state index contributed by atoms with van der Waals surface area (Å²) in [6.45, 7) is 1.49. The molecule has 22 heavy (non-hydrogen) atoms. The van der Waals surface area contributed by atoms with Crippen LogP contribution in [0.25, 0.3) is 0 Å². The molecule has 114 valence electrons. The fourth-order valence-electron chi connectivity index (χ4n) is 1.79. The lowest BCUT2D eigenvalue weighted by atomic mass is 10.1. The summed E-state index contributed by atoms with van der Waals surface area (Å²) in [6.07, 6.45) is -0.955. The number of hydrogen-bond acceptors (Lipinski definition) is 3. The molecule has 0 fully saturated rings. The zero-order valence-corrected chi connectivity index (χ0v) is 13.7. The number of carbonyl (C=O) groups excluding carboxylic acids is 2. The molecule has 0 amide bonds. The summed E-state index contributed by atoms with van der Waals surface area (Å²) in [4.78, 5) is 24.3. The van der Waals surface area contributed by atoms with Crippen molar-refractivity contribution in [2.75, 3.05) is 0 Å². The van der Waals surface area contributed by atoms with Crippen LogP contribution in [-0.4, -0.2) is 17.9 Å². The number of halogens is 3. The molecular weight excluding hydrogens is 347 g/mol. The highest BCUT2D eigenvalue weighted by molar-refractivity contribution is 6.43. The fraction of sp³-hybridized carbons (Fsp3) is 0.125. The maximum Gasteiger partial charge on any atom is 0.340 e. The Morgan fingerprint density at radius 3 is 2.27 bits per heavy atom. The van der Waals surface area contributed by atoms with Crippen LogP contribution in [0.5, 0.6) is 0 Å². The van der Waals surface area contributed by atoms with Gasteiger partial charge >= 0.3 is 5.97 Å². The number of rotatable bonds is 4. The third-order valence-electron chi connectivity index (χ3n) is 2.95. The highest BCUT2D eigenvalue weighted by Gasteiger charge is 2.22. The first-order valence-corrected chi connectivity index (χ1v) is 7.48. The number of hydrogen-bond donors (Lipinski definition) is 0. The normalized spacial score (nSPS) is 11.8. The van der Waals surface area contributed by atoms with Crippen molar-refractivity contribution in [2.45, 2.75) is 13.0 Å². The van der Waals surface area contributed by atoms with E-state index in [1.54, 1.807) is 36.4 Å². The molecule has 0 saturated heterocycles. The number of carbonyl (C=O) groups is 2. The van der Waals surface area contributed by atoms with Gasteiger partial charge in [0.15, 0.2) is 6.10 Å². The van der Waals surface area contributed by atoms with Gasteiger partial charge in [-0.05, 0) is 43.3 Å². The molecule has 2 aromatic rings. The van der Waals surface area contributed by atoms with Crippen LogP contribution in [0.4, 0.5) is 0 Å². The smallest absolute Gasteiger partial charge is 0.340 e. The quantitative estimate of drug-likeness (QED) is 0.566. The zero-order valence-electron chi connectivity index (χ0n) is 11.5. The molecule has 0 heterocycles. The summed E-state index contributed by atoms with van der Waals surface area (Å²) in [6, 6.07) is 11.0. The standard InChI is InChI=1S/C16H11Cl3O3/c1-9(15(20)10-5-7-11(17)8-6-10)22-16(21)12-3-2-4-13(18)14(12)19/h2-9H,1H3/t9-/m1/s1. The van der Waals surface area contributed by atoms with Crippen molar-refractivity contribution in [1.82, 2.24) is 0 Å². The number of esters is 1. The van der Waals surface area contributed by atoms with E-state index >= 15 is 0 Å². The van der Waals surface area contributed by atoms with Gasteiger partial charge in [-0.3, -0.25) is 4.79 Å². The van der Waals surface area contributed by atoms with Crippen LogP contribution in [0, 0.1) is 0 Å². The largest absolute Gasteiger partial charge is 0.451 e. The predicted molar refractivity (Wildman–Crippen MR) is 87.1 cm³/mol. The van der Waals surface area contributed by atoms with Gasteiger partial charge in [-0.25, -0.2) is 4.79 Å². The lowest BCUT2D eigenvalue weighted by molar-refractivity contribution is 0.0319. The summed E-state index contributed by atoms with van der Waals surface area (Å²) in [5, 5.41) is 0.861. The number of ketones is 1. The van der Waals surface area contributed by atoms with Crippen molar-refractivity contribution >= 4 is 46.6 Å². The minimum atomic E-state index is -0.955. The first kappa shape index (κ1) is 16.8. The zero-order chi connectivity index (χ0) is 16.3. The molecule has 3 nitrogen and oxygen atoms in total. The Hall–Kier alpha value is -1.55. The Balaban J connectivity index is 2.12. The summed E-state index contributed by atoms with van der Waals surface area (Å²) in [5.74, 6) is -1.04. The summed E-state index contributed by atoms with van der Waals surface area (Å²) < 4.78 is 5.15. The summed E-state index contributed by atoms with van der Waals surface area (Å²) >= 11 is 17.6. The number of ether oxygens (including phenoxy) is 1. The van der Waals surface area contributed by atoms with E-state index in [-0.39, 0.29) is 21.4 Å². The average Bonchev–Trinajstić information content (AvgIpc) is 2.50. The first-order chi connectivity index (χ1) is 10.4. The van der Waals surface area contributed by atoms with Crippen LogP contribution in [-0.2, 0) is 4.74 Å². The van der Waals surface area contributed by atoms with Crippen LogP contribution < -0.4 is 0 Å². The second kappa shape index (κ2) is 7.14. The summed E-state index contributed by atoms with van der Waals surface area (Å²) in [5.41, 5.74) is 0.520. The van der Waals surface area contributed by atoms with Gasteiger partial charge in [0.2, 0.25) is 5.78 Å². The lowest BCUT2D eigenvalue weighted by Crippen LogP contribution is -2.24. The van der Waals surface area contributed by atoms with Crippen molar-refractivity contribution < 1.29 is 14.3 Å². The molecule has 0 saturated carbocycles. The van der Waals surface area contributed by atoms with Crippen LogP contribution in [0.15, 0.2) is 42.5 Å². The van der Waals surface area contributed by atoms with Crippen LogP contribution in [0.3, 0.4) is 0 Å². The Bertz CT molecular complexity index is 711. The first-order valence-electron chi connectivity index (χ1n) is 6.35. The van der Waals surface area contributed by atoms with Gasteiger partial charge in [-0.1, -0.05) is 40.9 Å². The molecule has 0 aliphatic carbocycles. The molecule has 0 radical (unpaired) electrons. The lowest BCUT2D eigenvalue weighted by Gasteiger charge is -2.13. The van der Waals surface area contributed by atoms with Gasteiger partial charge in [-0.2, -0.15) is 0 Å². The van der Waals surface area contributed by atoms with E-state index in [4.69, 9.17) is 39.5 Å². The predicted octanol–water partition coefficient (Wildman–Crippen LogP) is 5.08. The van der Waals surface area contributed by atoms with Crippen LogP contribution in [0.1, 0.15) is 27.6 Å². The van der Waals surface area contributed by atoms with E-state index in [0.717, 1.165) is 0 Å². The second-order valence-corrected chi connectivity index (χ2v) is 5.74. The molecule has 2 rings (SSSR count). The monoisotopic (exact) mass is 356 g/mol. The minimum absolute atomic E-state index is 0.0975. The van der Waals surface area contributed by atoms with E-state index in [2.05, 4.69) is 0 Å². The van der Waals surface area contributed by atoms with Crippen molar-refractivity contribution in [3.05, 3.63) is 68.7 Å². The Morgan fingerprint density at radius 1 is 1.00 bits per heavy atom. The third-order valence-corrected chi connectivity index (χ3v) is 4.02. The molecule has 0 unspecified atom stereocenters. The van der Waals surface area contributed by atoms with E-state index < -0.39 is 12.1 Å². The Kier molecular flexibility index (Phi) is 5.46. The van der Waals surface area contributed by atoms with E-state index in [0.29, 0.717) is 10.6 Å². The van der Waals surface area contributed by atoms with Crippen molar-refractivity contribution in [3.8, 4) is 0 Å². The SMILES string of the molecule is C[C@@H](OC(=O)c1cccc(Cl)c1Cl)C(=O)c1ccc(Cl)cc1. The van der Waals surface area contributed by atoms with Crippen LogP contribution in [0.2, 0.25) is 15.1 Å². The second-order valence-electron chi connectivity index (χ2n) is 4.52. The van der Waals surface area contributed by atoms with Gasteiger partial charge in [-0.15, -0.1) is 0 Å². The van der Waals surface area contributed by atoms with Gasteiger partial charge in [0.05, 0.1) is 15.6 Å². The summed E-state index contributed by atoms with van der Waals surface area (Å²) in [7, 11) is 0. The minimum Gasteiger partial charge on any atom is -0.451 e. The van der Waals surface area contributed by atoms with Crippen LogP contribution >= 0.6 is 34.8 Å². The maximum atomic E-state index is 12.2. The molecule has 0 spiro atoms. The van der Waals surface area contributed by atoms with E-state index in [9.17, 15) is 9.59 Å². The van der Waals surface area contributed by atoms with Crippen molar-refractivity contribution in [2.24, 2.45) is 0 Å². The molecule has 6 heteroatoms. The molecule has 0 aromatic heterocycles. The van der Waals surface area contributed by atoms with Gasteiger partial charge in [0.1, 0.15) is 0 Å².